The Hall–Kier alpha value is -9.76. The second-order valence-corrected chi connectivity index (χ2v) is 32.4. The number of fused-ring (bicyclic) bond motifs is 1. The number of hydrogen-bond acceptors (Lipinski definition) is 21. The molecule has 10 atom stereocenters. The number of aromatic nitrogens is 1. The zero-order valence-corrected chi connectivity index (χ0v) is 67.5. The molecule has 1 aromatic heterocycles. The van der Waals surface area contributed by atoms with Gasteiger partial charge in [0, 0.05) is 151 Å². The Morgan fingerprint density at radius 3 is 1.71 bits per heavy atom. The van der Waals surface area contributed by atoms with E-state index in [0.29, 0.717) is 55.6 Å². The van der Waals surface area contributed by atoms with Crippen molar-refractivity contribution in [2.45, 2.75) is 213 Å². The third-order valence-electron chi connectivity index (χ3n) is 21.5. The highest BCUT2D eigenvalue weighted by molar-refractivity contribution is 5.98. The number of aliphatic hydroxyl groups is 1. The van der Waals surface area contributed by atoms with Crippen molar-refractivity contribution in [2.75, 3.05) is 72.0 Å². The van der Waals surface area contributed by atoms with Crippen molar-refractivity contribution in [1.29, 1.82) is 0 Å². The number of nitrogens with two attached hydrogens (primary N) is 2. The fraction of sp³-hybridized carbons (Fsp3) is 0.614. The van der Waals surface area contributed by atoms with Crippen molar-refractivity contribution >= 4 is 105 Å². The first-order chi connectivity index (χ1) is 54.5. The second-order valence-electron chi connectivity index (χ2n) is 32.4. The topological polar surface area (TPSA) is 490 Å². The molecule has 0 saturated carbocycles. The number of likely N-dealkylation sites (tertiary alicyclic amines) is 1. The van der Waals surface area contributed by atoms with Crippen molar-refractivity contribution in [1.82, 2.24) is 51.2 Å². The molecule has 115 heavy (non-hydrogen) atoms. The number of carboxylic acids is 3. The maximum absolute atomic E-state index is 14.9. The minimum atomic E-state index is -1.32. The molecule has 4 heterocycles. The lowest BCUT2D eigenvalue weighted by Crippen LogP contribution is -2.50. The van der Waals surface area contributed by atoms with Gasteiger partial charge in [-0.2, -0.15) is 0 Å². The monoisotopic (exact) mass is 1600 g/mol. The third kappa shape index (κ3) is 33.2. The number of hydrogen-bond donors (Lipinski definition) is 12. The predicted octanol–water partition coefficient (Wildman–Crippen LogP) is 3.46. The molecule has 3 aliphatic rings. The number of piperidine rings is 1. The molecule has 0 radical (unpaired) electrons. The van der Waals surface area contributed by atoms with Gasteiger partial charge in [0.05, 0.1) is 56.3 Å². The Balaban J connectivity index is 1.08. The lowest BCUT2D eigenvalue weighted by molar-refractivity contribution is -0.145. The van der Waals surface area contributed by atoms with Crippen LogP contribution < -0.4 is 38.1 Å². The Bertz CT molecular complexity index is 3880. The summed E-state index contributed by atoms with van der Waals surface area (Å²) in [5.74, 6) is -13.9. The summed E-state index contributed by atoms with van der Waals surface area (Å²) in [5.41, 5.74) is 13.8. The van der Waals surface area contributed by atoms with Gasteiger partial charge in [0.25, 0.3) is 0 Å². The molecule has 2 saturated heterocycles. The van der Waals surface area contributed by atoms with E-state index >= 15 is 0 Å². The highest BCUT2D eigenvalue weighted by Crippen LogP contribution is 2.28. The van der Waals surface area contributed by atoms with Crippen LogP contribution in [0.15, 0.2) is 77.6 Å². The Morgan fingerprint density at radius 1 is 0.548 bits per heavy atom. The SMILES string of the molecule is CC(C)C[C@H](CC(=O)[C@H](CC1=CCC=N1)NC(=O)CCC(=O)[C@@H](NC(=O)[C@H](C)CC(=O)[C@H](Cc1c[nH]c2ccccc12)NC(=O)[C@H](CCC(N)=O)CC(=O)[C@@H](Cc1ccccc1)NC(=O)CN1CCC(CC(=O)CCC(C(=O)O)N2CCN(CC(=O)O)CCN(CC(=O)O)CC2)CC1)C(C)C)[C@@H](O)CC(=O)N[C@@H](CC(C)C)C(N)=O. The van der Waals surface area contributed by atoms with Crippen LogP contribution in [-0.4, -0.2) is 254 Å². The second kappa shape index (κ2) is 47.3. The van der Waals surface area contributed by atoms with Crippen LogP contribution in [-0.2, 0) is 84.8 Å². The molecule has 2 aromatic carbocycles. The molecule has 7 amide bonds. The van der Waals surface area contributed by atoms with E-state index in [1.54, 1.807) is 83.4 Å². The van der Waals surface area contributed by atoms with Gasteiger partial charge in [0.1, 0.15) is 17.9 Å². The summed E-state index contributed by atoms with van der Waals surface area (Å²) in [5, 5.41) is 55.4. The van der Waals surface area contributed by atoms with Gasteiger partial charge in [0.15, 0.2) is 23.1 Å². The molecule has 632 valence electrons. The average Bonchev–Trinajstić information content (AvgIpc) is 1.81. The number of allylic oxidation sites excluding steroid dienone is 1. The van der Waals surface area contributed by atoms with Crippen LogP contribution in [0.5, 0.6) is 0 Å². The molecule has 0 spiro atoms. The van der Waals surface area contributed by atoms with Crippen LogP contribution in [0.4, 0.5) is 0 Å². The van der Waals surface area contributed by atoms with Crippen molar-refractivity contribution in [3.8, 4) is 0 Å². The summed E-state index contributed by atoms with van der Waals surface area (Å²) in [6, 6.07) is 9.31. The highest BCUT2D eigenvalue weighted by atomic mass is 16.4. The predicted molar refractivity (Wildman–Crippen MR) is 428 cm³/mol. The van der Waals surface area contributed by atoms with Crippen LogP contribution >= 0.6 is 0 Å². The van der Waals surface area contributed by atoms with E-state index in [0.717, 1.165) is 10.9 Å². The minimum absolute atomic E-state index is 0.00665. The van der Waals surface area contributed by atoms with Crippen LogP contribution in [0.1, 0.15) is 169 Å². The summed E-state index contributed by atoms with van der Waals surface area (Å²) >= 11 is 0. The number of aliphatic carboxylic acids is 3. The van der Waals surface area contributed by atoms with Crippen LogP contribution in [0.2, 0.25) is 0 Å². The number of nitrogens with zero attached hydrogens (tertiary/aromatic N) is 5. The number of ketones is 5. The first kappa shape index (κ1) is 94.1. The molecule has 1 unspecified atom stereocenters. The van der Waals surface area contributed by atoms with Crippen LogP contribution in [0.3, 0.4) is 0 Å². The number of nitrogens with one attached hydrogen (secondary N) is 6. The van der Waals surface area contributed by atoms with E-state index in [1.165, 1.54) is 6.92 Å². The molecule has 3 aromatic rings. The summed E-state index contributed by atoms with van der Waals surface area (Å²) in [6.45, 7) is 13.9. The van der Waals surface area contributed by atoms with Gasteiger partial charge in [-0.1, -0.05) is 103 Å². The van der Waals surface area contributed by atoms with Crippen molar-refractivity contribution in [2.24, 2.45) is 57.9 Å². The van der Waals surface area contributed by atoms with Gasteiger partial charge in [-0.25, -0.2) is 0 Å². The molecule has 2 fully saturated rings. The number of benzene rings is 2. The van der Waals surface area contributed by atoms with Gasteiger partial charge in [-0.3, -0.25) is 96.5 Å². The number of carbonyl (C=O) groups is 15. The van der Waals surface area contributed by atoms with Gasteiger partial charge in [0.2, 0.25) is 41.4 Å². The number of aliphatic hydroxyl groups excluding tert-OH is 1. The smallest absolute Gasteiger partial charge is 0.320 e. The zero-order chi connectivity index (χ0) is 84.6. The molecule has 6 rings (SSSR count). The molecule has 3 aliphatic heterocycles. The lowest BCUT2D eigenvalue weighted by Gasteiger charge is -2.32. The summed E-state index contributed by atoms with van der Waals surface area (Å²) in [6.07, 6.45) is 3.18. The summed E-state index contributed by atoms with van der Waals surface area (Å²) < 4.78 is 0. The molecule has 14 N–H and O–H groups in total. The quantitative estimate of drug-likeness (QED) is 0.0385. The number of Topliss-reactive ketones (excluding diaryl/α,β-unsaturated/α-hetero) is 5. The van der Waals surface area contributed by atoms with Crippen LogP contribution in [0, 0.1) is 41.4 Å². The van der Waals surface area contributed by atoms with E-state index in [4.69, 9.17) is 11.5 Å². The number of aliphatic imine (C=N–C) groups is 1. The highest BCUT2D eigenvalue weighted by Gasteiger charge is 2.37. The number of carbonyl (C=O) groups excluding carboxylic acids is 12. The maximum Gasteiger partial charge on any atom is 0.320 e. The zero-order valence-electron chi connectivity index (χ0n) is 67.5. The lowest BCUT2D eigenvalue weighted by atomic mass is 9.84. The first-order valence-electron chi connectivity index (χ1n) is 40.3. The fourth-order valence-electron chi connectivity index (χ4n) is 15.1. The molecular weight excluding hydrogens is 1480 g/mol. The van der Waals surface area contributed by atoms with Gasteiger partial charge >= 0.3 is 17.9 Å². The van der Waals surface area contributed by atoms with Gasteiger partial charge < -0.3 is 63.5 Å². The maximum atomic E-state index is 14.9. The number of H-pyrrole nitrogens is 1. The number of rotatable bonds is 51. The molecule has 32 nitrogen and oxygen atoms in total. The van der Waals surface area contributed by atoms with E-state index in [-0.39, 0.29) is 159 Å². The number of aromatic amines is 1. The molecule has 0 bridgehead atoms. The van der Waals surface area contributed by atoms with E-state index in [9.17, 15) is 92.3 Å². The largest absolute Gasteiger partial charge is 0.480 e. The fourth-order valence-corrected chi connectivity index (χ4v) is 15.1. The normalized spacial score (nSPS) is 17.4. The average molecular weight is 1600 g/mol. The minimum Gasteiger partial charge on any atom is -0.480 e. The summed E-state index contributed by atoms with van der Waals surface area (Å²) in [7, 11) is 0. The summed E-state index contributed by atoms with van der Waals surface area (Å²) in [4.78, 5) is 216. The standard InChI is InChI=1S/C83H121N13O19/c1-50(2)36-57(69(99)45-75(105)90-66(80(85)111)37-51(3)4)43-72(102)65(44-59-16-13-27-86-59)88-74(104)24-22-68(98)79(52(5)6)92-81(112)53(7)38-70(100)64(41-58-46-87-62-18-12-11-17-61(58)62)91-82(113)56(19-23-73(84)103)42-71(101)63(40-54-14-9-8-10-15-54)89-76(106)47-93-28-25-55(26-29-93)39-60(97)20-21-67(83(114)115)96-34-32-94(48-77(107)108)30-31-95(33-35-96)49-78(109)110/h8-12,14-18,27,46,50-53,55-57,63-67,69,79,87,99H,13,19-26,28-45,47-49H2,1-7H3,(H2,84,103)(H2,85,111)(H,88,104)(H,89,106)(H,90,105)(H,91,113)(H,92,112)(H,107,108)(H,109,110)(H,114,115)/t53-,56-,57-,63-,64+,65+,66+,67?,69+,79+/m1/s1. The van der Waals surface area contributed by atoms with E-state index in [2.05, 4.69) is 36.6 Å². The first-order valence-corrected chi connectivity index (χ1v) is 40.3. The van der Waals surface area contributed by atoms with Crippen molar-refractivity contribution in [3.63, 3.8) is 0 Å². The van der Waals surface area contributed by atoms with Gasteiger partial charge in [-0.05, 0) is 105 Å². The molecule has 0 aliphatic carbocycles. The van der Waals surface area contributed by atoms with Crippen molar-refractivity contribution < 1.29 is 92.3 Å². The Labute approximate surface area is 672 Å². The number of para-hydroxylation sites is 1. The van der Waals surface area contributed by atoms with Gasteiger partial charge in [-0.15, -0.1) is 0 Å². The number of carboxylic acid groups (broad SMARTS) is 3. The molecular formula is C83H121N13O19. The van der Waals surface area contributed by atoms with Crippen molar-refractivity contribution in [3.05, 3.63) is 83.7 Å². The Kier molecular flexibility index (Phi) is 38.7. The van der Waals surface area contributed by atoms with E-state index in [1.807, 2.05) is 50.8 Å². The van der Waals surface area contributed by atoms with E-state index < -0.39 is 168 Å². The third-order valence-corrected chi connectivity index (χ3v) is 21.5. The van der Waals surface area contributed by atoms with Crippen LogP contribution in [0.25, 0.3) is 10.9 Å². The number of amides is 7. The Morgan fingerprint density at radius 2 is 1.12 bits per heavy atom. The number of primary amides is 2. The molecule has 32 heteroatoms.